The van der Waals surface area contributed by atoms with Gasteiger partial charge in [-0.25, -0.2) is 9.37 Å². The highest BCUT2D eigenvalue weighted by molar-refractivity contribution is 7.17. The molecule has 0 aliphatic carbocycles. The van der Waals surface area contributed by atoms with E-state index in [2.05, 4.69) is 4.98 Å². The van der Waals surface area contributed by atoms with Gasteiger partial charge in [-0.05, 0) is 11.6 Å². The molecule has 2 heterocycles. The van der Waals surface area contributed by atoms with Gasteiger partial charge in [0.2, 0.25) is 0 Å². The van der Waals surface area contributed by atoms with Crippen LogP contribution in [0.15, 0.2) is 71.1 Å². The molecule has 0 amide bonds. The van der Waals surface area contributed by atoms with Crippen molar-refractivity contribution < 1.29 is 4.39 Å². The molecule has 3 nitrogen and oxygen atoms in total. The first kappa shape index (κ1) is 14.8. The third kappa shape index (κ3) is 2.53. The Morgan fingerprint density at radius 2 is 1.79 bits per heavy atom. The Morgan fingerprint density at radius 1 is 1.04 bits per heavy atom. The molecular weight excluding hydrogens is 323 g/mol. The third-order valence-electron chi connectivity index (χ3n) is 3.94. The summed E-state index contributed by atoms with van der Waals surface area (Å²) in [6.07, 6.45) is 1.49. The van der Waals surface area contributed by atoms with Gasteiger partial charge < -0.3 is 0 Å². The number of aromatic nitrogens is 2. The van der Waals surface area contributed by atoms with Crippen molar-refractivity contribution in [1.29, 1.82) is 0 Å². The molecule has 0 aliphatic heterocycles. The van der Waals surface area contributed by atoms with Gasteiger partial charge in [0.05, 0.1) is 18.3 Å². The summed E-state index contributed by atoms with van der Waals surface area (Å²) in [5, 5.41) is 2.53. The SMILES string of the molecule is O=c1c2c(-c3ccccc3)csc2ncn1Cc1ccccc1F. The van der Waals surface area contributed by atoms with Crippen molar-refractivity contribution in [3.8, 4) is 11.1 Å². The van der Waals surface area contributed by atoms with Gasteiger partial charge in [0.25, 0.3) is 5.56 Å². The van der Waals surface area contributed by atoms with Crippen LogP contribution in [-0.2, 0) is 6.54 Å². The Bertz CT molecular complexity index is 1070. The second-order valence-electron chi connectivity index (χ2n) is 5.46. The molecule has 0 unspecified atom stereocenters. The lowest BCUT2D eigenvalue weighted by Gasteiger charge is -2.07. The number of hydrogen-bond acceptors (Lipinski definition) is 3. The van der Waals surface area contributed by atoms with E-state index in [-0.39, 0.29) is 17.9 Å². The summed E-state index contributed by atoms with van der Waals surface area (Å²) in [5.74, 6) is -0.321. The molecule has 2 aromatic carbocycles. The smallest absolute Gasteiger partial charge is 0.263 e. The fraction of sp³-hybridized carbons (Fsp3) is 0.0526. The van der Waals surface area contributed by atoms with Crippen molar-refractivity contribution in [2.75, 3.05) is 0 Å². The van der Waals surface area contributed by atoms with E-state index in [0.717, 1.165) is 11.1 Å². The summed E-state index contributed by atoms with van der Waals surface area (Å²) in [4.78, 5) is 18.0. The van der Waals surface area contributed by atoms with E-state index in [1.165, 1.54) is 28.3 Å². The molecule has 0 N–H and O–H groups in total. The Balaban J connectivity index is 1.86. The highest BCUT2D eigenvalue weighted by Crippen LogP contribution is 2.30. The summed E-state index contributed by atoms with van der Waals surface area (Å²) >= 11 is 1.44. The van der Waals surface area contributed by atoms with Crippen LogP contribution in [0.2, 0.25) is 0 Å². The molecule has 0 bridgehead atoms. The standard InChI is InChI=1S/C19H13FN2OS/c20-16-9-5-4-8-14(16)10-22-12-21-18-17(19(22)23)15(11-24-18)13-6-2-1-3-7-13/h1-9,11-12H,10H2. The van der Waals surface area contributed by atoms with E-state index in [1.54, 1.807) is 18.2 Å². The third-order valence-corrected chi connectivity index (χ3v) is 4.83. The van der Waals surface area contributed by atoms with Gasteiger partial charge >= 0.3 is 0 Å². The molecule has 0 saturated carbocycles. The minimum absolute atomic E-state index is 0.150. The molecule has 4 rings (SSSR count). The minimum atomic E-state index is -0.321. The summed E-state index contributed by atoms with van der Waals surface area (Å²) in [5.41, 5.74) is 2.17. The van der Waals surface area contributed by atoms with Gasteiger partial charge in [-0.15, -0.1) is 11.3 Å². The maximum Gasteiger partial charge on any atom is 0.263 e. The molecule has 0 atom stereocenters. The average Bonchev–Trinajstić information content (AvgIpc) is 3.05. The number of fused-ring (bicyclic) bond motifs is 1. The zero-order chi connectivity index (χ0) is 16.5. The van der Waals surface area contributed by atoms with Crippen molar-refractivity contribution in [1.82, 2.24) is 9.55 Å². The van der Waals surface area contributed by atoms with Crippen LogP contribution in [0.25, 0.3) is 21.3 Å². The highest BCUT2D eigenvalue weighted by Gasteiger charge is 2.13. The van der Waals surface area contributed by atoms with Crippen molar-refractivity contribution in [3.05, 3.63) is 88.0 Å². The zero-order valence-corrected chi connectivity index (χ0v) is 13.5. The van der Waals surface area contributed by atoms with Crippen LogP contribution in [0.3, 0.4) is 0 Å². The predicted octanol–water partition coefficient (Wildman–Crippen LogP) is 4.31. The Hall–Kier alpha value is -2.79. The first-order valence-corrected chi connectivity index (χ1v) is 8.37. The molecule has 4 aromatic rings. The van der Waals surface area contributed by atoms with Gasteiger partial charge in [-0.2, -0.15) is 0 Å². The second kappa shape index (κ2) is 6.02. The molecule has 5 heteroatoms. The molecule has 0 spiro atoms. The van der Waals surface area contributed by atoms with Crippen LogP contribution < -0.4 is 5.56 Å². The number of rotatable bonds is 3. The first-order chi connectivity index (χ1) is 11.7. The Labute approximate surface area is 141 Å². The number of hydrogen-bond donors (Lipinski definition) is 0. The first-order valence-electron chi connectivity index (χ1n) is 7.49. The van der Waals surface area contributed by atoms with Crippen LogP contribution in [0.1, 0.15) is 5.56 Å². The maximum absolute atomic E-state index is 13.9. The van der Waals surface area contributed by atoms with Crippen LogP contribution >= 0.6 is 11.3 Å². The van der Waals surface area contributed by atoms with E-state index in [9.17, 15) is 9.18 Å². The number of benzene rings is 2. The Morgan fingerprint density at radius 3 is 2.58 bits per heavy atom. The van der Waals surface area contributed by atoms with E-state index >= 15 is 0 Å². The van der Waals surface area contributed by atoms with Crippen molar-refractivity contribution in [3.63, 3.8) is 0 Å². The highest BCUT2D eigenvalue weighted by atomic mass is 32.1. The fourth-order valence-electron chi connectivity index (χ4n) is 2.72. The zero-order valence-electron chi connectivity index (χ0n) is 12.6. The van der Waals surface area contributed by atoms with Crippen LogP contribution in [0.5, 0.6) is 0 Å². The van der Waals surface area contributed by atoms with Gasteiger partial charge in [-0.3, -0.25) is 9.36 Å². The molecule has 0 radical (unpaired) electrons. The lowest BCUT2D eigenvalue weighted by Crippen LogP contribution is -2.21. The van der Waals surface area contributed by atoms with E-state index < -0.39 is 0 Å². The van der Waals surface area contributed by atoms with E-state index in [4.69, 9.17) is 0 Å². The molecule has 0 saturated heterocycles. The van der Waals surface area contributed by atoms with Gasteiger partial charge in [0, 0.05) is 16.5 Å². The van der Waals surface area contributed by atoms with Crippen molar-refractivity contribution in [2.24, 2.45) is 0 Å². The summed E-state index contributed by atoms with van der Waals surface area (Å²) in [6.45, 7) is 0.165. The average molecular weight is 336 g/mol. The molecule has 0 aliphatic rings. The molecule has 118 valence electrons. The van der Waals surface area contributed by atoms with Crippen LogP contribution in [0, 0.1) is 5.82 Å². The summed E-state index contributed by atoms with van der Waals surface area (Å²) < 4.78 is 15.3. The topological polar surface area (TPSA) is 34.9 Å². The normalized spacial score (nSPS) is 11.0. The fourth-order valence-corrected chi connectivity index (χ4v) is 3.63. The second-order valence-corrected chi connectivity index (χ2v) is 6.32. The lowest BCUT2D eigenvalue weighted by atomic mass is 10.1. The molecule has 24 heavy (non-hydrogen) atoms. The summed E-state index contributed by atoms with van der Waals surface area (Å²) in [6, 6.07) is 16.2. The van der Waals surface area contributed by atoms with Gasteiger partial charge in [0.15, 0.2) is 0 Å². The quantitative estimate of drug-likeness (QED) is 0.559. The van der Waals surface area contributed by atoms with Crippen LogP contribution in [-0.4, -0.2) is 9.55 Å². The van der Waals surface area contributed by atoms with E-state index in [1.807, 2.05) is 35.7 Å². The number of thiophene rings is 1. The predicted molar refractivity (Wildman–Crippen MR) is 94.8 cm³/mol. The number of nitrogens with zero attached hydrogens (tertiary/aromatic N) is 2. The molecule has 0 fully saturated rings. The lowest BCUT2D eigenvalue weighted by molar-refractivity contribution is 0.595. The van der Waals surface area contributed by atoms with E-state index in [0.29, 0.717) is 15.8 Å². The summed E-state index contributed by atoms with van der Waals surface area (Å²) in [7, 11) is 0. The van der Waals surface area contributed by atoms with Gasteiger partial charge in [-0.1, -0.05) is 48.5 Å². The Kier molecular flexibility index (Phi) is 3.70. The van der Waals surface area contributed by atoms with Gasteiger partial charge in [0.1, 0.15) is 10.6 Å². The van der Waals surface area contributed by atoms with Crippen molar-refractivity contribution in [2.45, 2.75) is 6.54 Å². The maximum atomic E-state index is 13.9. The minimum Gasteiger partial charge on any atom is -0.294 e. The largest absolute Gasteiger partial charge is 0.294 e. The molecule has 2 aromatic heterocycles. The number of halogens is 1. The van der Waals surface area contributed by atoms with Crippen LogP contribution in [0.4, 0.5) is 4.39 Å². The monoisotopic (exact) mass is 336 g/mol. The molecular formula is C19H13FN2OS. The van der Waals surface area contributed by atoms with Crippen molar-refractivity contribution >= 4 is 21.6 Å².